The second kappa shape index (κ2) is 7.03. The Bertz CT molecular complexity index is 417. The maximum Gasteiger partial charge on any atom is 0.263 e. The molecule has 0 saturated heterocycles. The van der Waals surface area contributed by atoms with Gasteiger partial charge in [-0.1, -0.05) is 6.08 Å². The van der Waals surface area contributed by atoms with Crippen molar-refractivity contribution in [3.05, 3.63) is 23.6 Å². The van der Waals surface area contributed by atoms with Crippen LogP contribution in [-0.4, -0.2) is 39.8 Å². The van der Waals surface area contributed by atoms with Crippen molar-refractivity contribution in [2.24, 2.45) is 0 Å². The van der Waals surface area contributed by atoms with E-state index < -0.39 is 0 Å². The lowest BCUT2D eigenvalue weighted by atomic mass is 10.3. The molecule has 1 rings (SSSR count). The van der Waals surface area contributed by atoms with Crippen LogP contribution in [0.4, 0.5) is 10.7 Å². The molecule has 0 aliphatic rings. The van der Waals surface area contributed by atoms with Gasteiger partial charge in [0, 0.05) is 27.2 Å². The highest BCUT2D eigenvalue weighted by Crippen LogP contribution is 2.31. The Morgan fingerprint density at radius 1 is 1.72 bits per heavy atom. The third kappa shape index (κ3) is 3.75. The van der Waals surface area contributed by atoms with E-state index in [4.69, 9.17) is 10.5 Å². The number of hydrogen-bond acceptors (Lipinski definition) is 5. The standard InChI is InChI=1S/C12H19N3O2S/c1-4-5-14-12(16)11-9(13)8-10(18-11)15(2)6-7-17-3/h4,8H,1,5-7,13H2,2-3H3,(H,14,16). The topological polar surface area (TPSA) is 67.6 Å². The summed E-state index contributed by atoms with van der Waals surface area (Å²) >= 11 is 1.38. The molecule has 0 unspecified atom stereocenters. The average molecular weight is 269 g/mol. The van der Waals surface area contributed by atoms with Gasteiger partial charge in [-0.15, -0.1) is 17.9 Å². The highest BCUT2D eigenvalue weighted by Gasteiger charge is 2.15. The number of rotatable bonds is 7. The first-order chi connectivity index (χ1) is 8.60. The molecule has 5 nitrogen and oxygen atoms in total. The highest BCUT2D eigenvalue weighted by molar-refractivity contribution is 7.18. The summed E-state index contributed by atoms with van der Waals surface area (Å²) in [7, 11) is 3.60. The van der Waals surface area contributed by atoms with Gasteiger partial charge in [0.2, 0.25) is 0 Å². The molecule has 1 aromatic heterocycles. The molecule has 0 spiro atoms. The third-order valence-electron chi connectivity index (χ3n) is 2.37. The molecule has 1 aromatic rings. The van der Waals surface area contributed by atoms with Gasteiger partial charge in [0.1, 0.15) is 4.88 Å². The van der Waals surface area contributed by atoms with Gasteiger partial charge in [0.25, 0.3) is 5.91 Å². The Labute approximate surface area is 111 Å². The van der Waals surface area contributed by atoms with Crippen molar-refractivity contribution in [1.29, 1.82) is 0 Å². The molecule has 100 valence electrons. The van der Waals surface area contributed by atoms with Crippen molar-refractivity contribution in [3.8, 4) is 0 Å². The first-order valence-electron chi connectivity index (χ1n) is 5.58. The number of hydrogen-bond donors (Lipinski definition) is 2. The fourth-order valence-electron chi connectivity index (χ4n) is 1.34. The molecule has 0 aliphatic carbocycles. The van der Waals surface area contributed by atoms with Gasteiger partial charge in [-0.3, -0.25) is 4.79 Å². The Balaban J connectivity index is 2.74. The van der Waals surface area contributed by atoms with Crippen molar-refractivity contribution in [1.82, 2.24) is 5.32 Å². The maximum atomic E-state index is 11.8. The maximum absolute atomic E-state index is 11.8. The largest absolute Gasteiger partial charge is 0.397 e. The van der Waals surface area contributed by atoms with Crippen LogP contribution in [-0.2, 0) is 4.74 Å². The van der Waals surface area contributed by atoms with E-state index in [-0.39, 0.29) is 5.91 Å². The molecule has 0 fully saturated rings. The second-order valence-corrected chi connectivity index (χ2v) is 4.81. The molecule has 0 bridgehead atoms. The lowest BCUT2D eigenvalue weighted by molar-refractivity contribution is 0.0963. The van der Waals surface area contributed by atoms with Crippen molar-refractivity contribution in [2.45, 2.75) is 0 Å². The van der Waals surface area contributed by atoms with Crippen LogP contribution < -0.4 is 16.0 Å². The summed E-state index contributed by atoms with van der Waals surface area (Å²) in [6.45, 7) is 5.37. The minimum atomic E-state index is -0.163. The number of carbonyl (C=O) groups excluding carboxylic acids is 1. The van der Waals surface area contributed by atoms with E-state index in [2.05, 4.69) is 11.9 Å². The van der Waals surface area contributed by atoms with E-state index in [0.29, 0.717) is 23.7 Å². The third-order valence-corrected chi connectivity index (χ3v) is 3.63. The average Bonchev–Trinajstić information content (AvgIpc) is 2.75. The van der Waals surface area contributed by atoms with Gasteiger partial charge in [0.05, 0.1) is 17.3 Å². The summed E-state index contributed by atoms with van der Waals surface area (Å²) in [5.41, 5.74) is 6.35. The summed E-state index contributed by atoms with van der Waals surface area (Å²) in [6, 6.07) is 1.81. The summed E-state index contributed by atoms with van der Waals surface area (Å²) in [4.78, 5) is 14.3. The van der Waals surface area contributed by atoms with Crippen LogP contribution in [0, 0.1) is 0 Å². The smallest absolute Gasteiger partial charge is 0.263 e. The Morgan fingerprint density at radius 2 is 2.44 bits per heavy atom. The minimum absolute atomic E-state index is 0.163. The molecular weight excluding hydrogens is 250 g/mol. The number of thiophene rings is 1. The van der Waals surface area contributed by atoms with Crippen LogP contribution in [0.2, 0.25) is 0 Å². The number of anilines is 2. The summed E-state index contributed by atoms with van der Waals surface area (Å²) in [5.74, 6) is -0.163. The van der Waals surface area contributed by atoms with Crippen LogP contribution in [0.25, 0.3) is 0 Å². The lowest BCUT2D eigenvalue weighted by Gasteiger charge is -2.15. The molecule has 0 atom stereocenters. The molecule has 0 saturated carbocycles. The number of methoxy groups -OCH3 is 1. The SMILES string of the molecule is C=CCNC(=O)c1sc(N(C)CCOC)cc1N. The highest BCUT2D eigenvalue weighted by atomic mass is 32.1. The number of likely N-dealkylation sites (N-methyl/N-ethyl adjacent to an activating group) is 1. The van der Waals surface area contributed by atoms with E-state index in [1.807, 2.05) is 18.0 Å². The molecule has 0 radical (unpaired) electrons. The van der Waals surface area contributed by atoms with E-state index in [1.54, 1.807) is 13.2 Å². The fourth-order valence-corrected chi connectivity index (χ4v) is 2.32. The molecule has 6 heteroatoms. The van der Waals surface area contributed by atoms with Crippen molar-refractivity contribution in [2.75, 3.05) is 44.5 Å². The molecule has 0 aliphatic heterocycles. The molecule has 1 amide bonds. The quantitative estimate of drug-likeness (QED) is 0.733. The van der Waals surface area contributed by atoms with Crippen LogP contribution in [0.15, 0.2) is 18.7 Å². The number of ether oxygens (including phenoxy) is 1. The predicted octanol–water partition coefficient (Wildman–Crippen LogP) is 1.33. The lowest BCUT2D eigenvalue weighted by Crippen LogP contribution is -2.23. The second-order valence-electron chi connectivity index (χ2n) is 3.78. The number of nitrogens with two attached hydrogens (primary N) is 1. The minimum Gasteiger partial charge on any atom is -0.397 e. The first-order valence-corrected chi connectivity index (χ1v) is 6.40. The Kier molecular flexibility index (Phi) is 5.67. The van der Waals surface area contributed by atoms with E-state index >= 15 is 0 Å². The van der Waals surface area contributed by atoms with Crippen LogP contribution in [0.5, 0.6) is 0 Å². The number of nitrogens with one attached hydrogen (secondary N) is 1. The van der Waals surface area contributed by atoms with Gasteiger partial charge in [0.15, 0.2) is 0 Å². The van der Waals surface area contributed by atoms with E-state index in [9.17, 15) is 4.79 Å². The fraction of sp³-hybridized carbons (Fsp3) is 0.417. The van der Waals surface area contributed by atoms with Crippen LogP contribution in [0.1, 0.15) is 9.67 Å². The zero-order valence-corrected chi connectivity index (χ0v) is 11.5. The molecular formula is C12H19N3O2S. The van der Waals surface area contributed by atoms with Gasteiger partial charge >= 0.3 is 0 Å². The van der Waals surface area contributed by atoms with E-state index in [0.717, 1.165) is 11.5 Å². The van der Waals surface area contributed by atoms with Gasteiger partial charge in [-0.25, -0.2) is 0 Å². The van der Waals surface area contributed by atoms with Crippen LogP contribution in [0.3, 0.4) is 0 Å². The van der Waals surface area contributed by atoms with Gasteiger partial charge in [-0.2, -0.15) is 0 Å². The predicted molar refractivity (Wildman–Crippen MR) is 76.4 cm³/mol. The van der Waals surface area contributed by atoms with Crippen molar-refractivity contribution in [3.63, 3.8) is 0 Å². The summed E-state index contributed by atoms with van der Waals surface area (Å²) in [5, 5.41) is 3.67. The van der Waals surface area contributed by atoms with Crippen molar-refractivity contribution < 1.29 is 9.53 Å². The van der Waals surface area contributed by atoms with Gasteiger partial charge in [-0.05, 0) is 6.07 Å². The Hall–Kier alpha value is -1.53. The zero-order chi connectivity index (χ0) is 13.5. The molecule has 1 heterocycles. The van der Waals surface area contributed by atoms with Crippen molar-refractivity contribution >= 4 is 27.9 Å². The number of nitrogen functional groups attached to an aromatic ring is 1. The monoisotopic (exact) mass is 269 g/mol. The molecule has 18 heavy (non-hydrogen) atoms. The Morgan fingerprint density at radius 3 is 3.06 bits per heavy atom. The first kappa shape index (κ1) is 14.5. The molecule has 3 N–H and O–H groups in total. The molecule has 0 aromatic carbocycles. The number of amides is 1. The van der Waals surface area contributed by atoms with Crippen LogP contribution >= 0.6 is 11.3 Å². The normalized spacial score (nSPS) is 10.1. The number of carbonyl (C=O) groups is 1. The zero-order valence-electron chi connectivity index (χ0n) is 10.7. The van der Waals surface area contributed by atoms with Gasteiger partial charge < -0.3 is 20.7 Å². The number of nitrogens with zero attached hydrogens (tertiary/aromatic N) is 1. The summed E-state index contributed by atoms with van der Waals surface area (Å²) in [6.07, 6.45) is 1.63. The summed E-state index contributed by atoms with van der Waals surface area (Å²) < 4.78 is 5.01. The van der Waals surface area contributed by atoms with E-state index in [1.165, 1.54) is 11.3 Å².